The van der Waals surface area contributed by atoms with Crippen molar-refractivity contribution in [3.63, 3.8) is 0 Å². The van der Waals surface area contributed by atoms with E-state index in [1.807, 2.05) is 6.92 Å². The third-order valence-electron chi connectivity index (χ3n) is 2.77. The van der Waals surface area contributed by atoms with E-state index >= 15 is 0 Å². The maximum Gasteiger partial charge on any atom is 0.242 e. The van der Waals surface area contributed by atoms with Gasteiger partial charge in [0.15, 0.2) is 0 Å². The standard InChI is InChI=1S/C11H18ClN3O3S2/c1-8(19(3)16)4-5-15-20(17,18)9-6-10(12)11(13-2)14-7-9/h6-8,15H,4-5H2,1-3H3,(H,13,14). The molecule has 6 nitrogen and oxygen atoms in total. The quantitative estimate of drug-likeness (QED) is 0.779. The average molecular weight is 340 g/mol. The van der Waals surface area contributed by atoms with Gasteiger partial charge in [-0.05, 0) is 12.5 Å². The summed E-state index contributed by atoms with van der Waals surface area (Å²) in [6, 6.07) is 1.34. The Balaban J connectivity index is 2.74. The number of rotatable bonds is 7. The van der Waals surface area contributed by atoms with E-state index in [1.54, 1.807) is 13.3 Å². The zero-order valence-electron chi connectivity index (χ0n) is 11.5. The molecule has 0 fully saturated rings. The molecule has 2 unspecified atom stereocenters. The van der Waals surface area contributed by atoms with Gasteiger partial charge in [0, 0.05) is 42.1 Å². The second-order valence-corrected chi connectivity index (χ2v) is 8.22. The largest absolute Gasteiger partial charge is 0.372 e. The Kier molecular flexibility index (Phi) is 6.38. The van der Waals surface area contributed by atoms with Gasteiger partial charge in [0.1, 0.15) is 10.7 Å². The fourth-order valence-corrected chi connectivity index (χ4v) is 3.19. The smallest absolute Gasteiger partial charge is 0.242 e. The molecule has 1 aromatic rings. The van der Waals surface area contributed by atoms with Crippen LogP contribution in [0.3, 0.4) is 0 Å². The zero-order valence-corrected chi connectivity index (χ0v) is 13.9. The van der Waals surface area contributed by atoms with Gasteiger partial charge in [0.25, 0.3) is 0 Å². The Bertz CT molecular complexity index is 593. The fourth-order valence-electron chi connectivity index (χ4n) is 1.40. The summed E-state index contributed by atoms with van der Waals surface area (Å²) in [6.07, 6.45) is 3.33. The van der Waals surface area contributed by atoms with E-state index in [1.165, 1.54) is 12.3 Å². The van der Waals surface area contributed by atoms with E-state index in [0.29, 0.717) is 12.2 Å². The molecule has 0 bridgehead atoms. The number of aromatic nitrogens is 1. The van der Waals surface area contributed by atoms with E-state index in [0.717, 1.165) is 0 Å². The summed E-state index contributed by atoms with van der Waals surface area (Å²) in [5, 5.41) is 2.92. The van der Waals surface area contributed by atoms with Crippen LogP contribution >= 0.6 is 11.6 Å². The first kappa shape index (κ1) is 17.4. The van der Waals surface area contributed by atoms with Crippen molar-refractivity contribution >= 4 is 38.2 Å². The van der Waals surface area contributed by atoms with Gasteiger partial charge < -0.3 is 5.32 Å². The van der Waals surface area contributed by atoms with Gasteiger partial charge >= 0.3 is 0 Å². The zero-order chi connectivity index (χ0) is 15.3. The molecular weight excluding hydrogens is 322 g/mol. The molecule has 0 aliphatic carbocycles. The number of hydrogen-bond acceptors (Lipinski definition) is 5. The van der Waals surface area contributed by atoms with Crippen LogP contribution < -0.4 is 10.0 Å². The van der Waals surface area contributed by atoms with Crippen LogP contribution in [0.25, 0.3) is 0 Å². The molecule has 0 aliphatic heterocycles. The highest BCUT2D eigenvalue weighted by Gasteiger charge is 2.17. The predicted molar refractivity (Wildman–Crippen MR) is 82.1 cm³/mol. The Morgan fingerprint density at radius 2 is 2.15 bits per heavy atom. The van der Waals surface area contributed by atoms with Crippen LogP contribution in [0.15, 0.2) is 17.2 Å². The van der Waals surface area contributed by atoms with Crippen molar-refractivity contribution in [2.75, 3.05) is 25.2 Å². The van der Waals surface area contributed by atoms with Crippen molar-refractivity contribution in [2.24, 2.45) is 0 Å². The molecule has 2 N–H and O–H groups in total. The summed E-state index contributed by atoms with van der Waals surface area (Å²) in [5.41, 5.74) is 0. The van der Waals surface area contributed by atoms with Gasteiger partial charge in [-0.25, -0.2) is 18.1 Å². The first-order valence-electron chi connectivity index (χ1n) is 5.93. The van der Waals surface area contributed by atoms with Gasteiger partial charge in [-0.3, -0.25) is 4.21 Å². The summed E-state index contributed by atoms with van der Waals surface area (Å²) in [7, 11) is -2.97. The molecule has 0 radical (unpaired) electrons. The number of hydrogen-bond donors (Lipinski definition) is 2. The topological polar surface area (TPSA) is 88.2 Å². The van der Waals surface area contributed by atoms with E-state index in [4.69, 9.17) is 11.6 Å². The van der Waals surface area contributed by atoms with Gasteiger partial charge in [0.05, 0.1) is 5.02 Å². The molecule has 0 aromatic carbocycles. The van der Waals surface area contributed by atoms with Crippen molar-refractivity contribution in [3.8, 4) is 0 Å². The van der Waals surface area contributed by atoms with Crippen molar-refractivity contribution in [2.45, 2.75) is 23.5 Å². The molecule has 1 aromatic heterocycles. The lowest BCUT2D eigenvalue weighted by molar-refractivity contribution is 0.577. The van der Waals surface area contributed by atoms with Gasteiger partial charge in [-0.1, -0.05) is 18.5 Å². The molecule has 0 saturated carbocycles. The SMILES string of the molecule is CNc1ncc(S(=O)(=O)NCCC(C)S(C)=O)cc1Cl. The lowest BCUT2D eigenvalue weighted by atomic mass is 10.3. The van der Waals surface area contributed by atoms with Crippen LogP contribution in [0.2, 0.25) is 5.02 Å². The number of sulfonamides is 1. The monoisotopic (exact) mass is 339 g/mol. The highest BCUT2D eigenvalue weighted by atomic mass is 35.5. The van der Waals surface area contributed by atoms with Crippen LogP contribution in [-0.4, -0.2) is 42.7 Å². The Morgan fingerprint density at radius 3 is 2.65 bits per heavy atom. The van der Waals surface area contributed by atoms with Crippen LogP contribution in [0.4, 0.5) is 5.82 Å². The minimum atomic E-state index is -3.65. The summed E-state index contributed by atoms with van der Waals surface area (Å²) < 4.78 is 37.7. The van der Waals surface area contributed by atoms with Crippen LogP contribution in [-0.2, 0) is 20.8 Å². The second-order valence-electron chi connectivity index (χ2n) is 4.25. The summed E-state index contributed by atoms with van der Waals surface area (Å²) in [6.45, 7) is 2.03. The summed E-state index contributed by atoms with van der Waals surface area (Å²) in [5.74, 6) is 0.417. The van der Waals surface area contributed by atoms with Crippen LogP contribution in [0, 0.1) is 0 Å². The van der Waals surface area contributed by atoms with Crippen LogP contribution in [0.1, 0.15) is 13.3 Å². The first-order valence-corrected chi connectivity index (χ1v) is 9.41. The van der Waals surface area contributed by atoms with E-state index in [2.05, 4.69) is 15.0 Å². The summed E-state index contributed by atoms with van der Waals surface area (Å²) in [4.78, 5) is 3.93. The maximum absolute atomic E-state index is 12.0. The number of pyridine rings is 1. The Morgan fingerprint density at radius 1 is 1.50 bits per heavy atom. The predicted octanol–water partition coefficient (Wildman–Crippen LogP) is 1.21. The van der Waals surface area contributed by atoms with E-state index < -0.39 is 20.8 Å². The second kappa shape index (κ2) is 7.35. The summed E-state index contributed by atoms with van der Waals surface area (Å²) >= 11 is 5.90. The third kappa shape index (κ3) is 4.69. The first-order chi connectivity index (χ1) is 9.27. The molecule has 9 heteroatoms. The highest BCUT2D eigenvalue weighted by Crippen LogP contribution is 2.21. The lowest BCUT2D eigenvalue weighted by Crippen LogP contribution is -2.27. The Labute approximate surface area is 126 Å². The fraction of sp³-hybridized carbons (Fsp3) is 0.545. The minimum Gasteiger partial charge on any atom is -0.372 e. The number of anilines is 1. The van der Waals surface area contributed by atoms with Crippen molar-refractivity contribution in [1.29, 1.82) is 0 Å². The van der Waals surface area contributed by atoms with Gasteiger partial charge in [0.2, 0.25) is 10.0 Å². The molecular formula is C11H18ClN3O3S2. The van der Waals surface area contributed by atoms with Crippen molar-refractivity contribution < 1.29 is 12.6 Å². The third-order valence-corrected chi connectivity index (χ3v) is 5.86. The highest BCUT2D eigenvalue weighted by molar-refractivity contribution is 7.89. The molecule has 20 heavy (non-hydrogen) atoms. The maximum atomic E-state index is 12.0. The number of nitrogens with one attached hydrogen (secondary N) is 2. The molecule has 0 aliphatic rings. The Hall–Kier alpha value is -0.700. The molecule has 1 rings (SSSR count). The molecule has 0 saturated heterocycles. The van der Waals surface area contributed by atoms with E-state index in [-0.39, 0.29) is 21.7 Å². The molecule has 0 amide bonds. The van der Waals surface area contributed by atoms with E-state index in [9.17, 15) is 12.6 Å². The minimum absolute atomic E-state index is 0.00627. The molecule has 2 atom stereocenters. The molecule has 114 valence electrons. The van der Waals surface area contributed by atoms with Crippen LogP contribution in [0.5, 0.6) is 0 Å². The van der Waals surface area contributed by atoms with Crippen molar-refractivity contribution in [1.82, 2.24) is 9.71 Å². The lowest BCUT2D eigenvalue weighted by Gasteiger charge is -2.10. The van der Waals surface area contributed by atoms with Gasteiger partial charge in [-0.2, -0.15) is 0 Å². The normalized spacial score (nSPS) is 14.8. The number of halogens is 1. The number of nitrogens with zero attached hydrogens (tertiary/aromatic N) is 1. The molecule has 0 spiro atoms. The average Bonchev–Trinajstić information content (AvgIpc) is 2.38. The van der Waals surface area contributed by atoms with Crippen molar-refractivity contribution in [3.05, 3.63) is 17.3 Å². The van der Waals surface area contributed by atoms with Gasteiger partial charge in [-0.15, -0.1) is 0 Å². The molecule has 1 heterocycles.